The van der Waals surface area contributed by atoms with Crippen LogP contribution in [0.4, 0.5) is 4.39 Å². The first kappa shape index (κ1) is 24.3. The lowest BCUT2D eigenvalue weighted by molar-refractivity contribution is -0.137. The molecule has 1 amide bonds. The topological polar surface area (TPSA) is 76.1 Å². The number of carbonyl (C=O) groups excluding carboxylic acids is 1. The van der Waals surface area contributed by atoms with Crippen molar-refractivity contribution in [2.75, 3.05) is 20.2 Å². The average molecular weight is 478 g/mol. The largest absolute Gasteiger partial charge is 0.493 e. The smallest absolute Gasteiger partial charge is 0.323 e. The Bertz CT molecular complexity index is 1210. The lowest BCUT2D eigenvalue weighted by Gasteiger charge is -2.24. The highest BCUT2D eigenvalue weighted by molar-refractivity contribution is 5.97. The maximum atomic E-state index is 13.4. The first-order valence-electron chi connectivity index (χ1n) is 11.5. The number of rotatable bonds is 9. The first-order chi connectivity index (χ1) is 16.8. The molecule has 0 radical (unpaired) electrons. The van der Waals surface area contributed by atoms with E-state index in [1.807, 2.05) is 37.3 Å². The number of halogens is 1. The molecule has 0 aliphatic carbocycles. The highest BCUT2D eigenvalue weighted by Crippen LogP contribution is 2.44. The zero-order valence-corrected chi connectivity index (χ0v) is 19.8. The Morgan fingerprint density at radius 2 is 1.80 bits per heavy atom. The van der Waals surface area contributed by atoms with Crippen LogP contribution < -0.4 is 9.47 Å². The van der Waals surface area contributed by atoms with Crippen molar-refractivity contribution >= 4 is 11.9 Å². The molecule has 1 atom stereocenters. The Morgan fingerprint density at radius 3 is 2.46 bits per heavy atom. The second kappa shape index (κ2) is 10.2. The van der Waals surface area contributed by atoms with Crippen LogP contribution in [0.1, 0.15) is 34.0 Å². The van der Waals surface area contributed by atoms with Crippen molar-refractivity contribution in [1.82, 2.24) is 4.90 Å². The molecule has 182 valence electrons. The molecule has 0 bridgehead atoms. The van der Waals surface area contributed by atoms with Crippen molar-refractivity contribution in [3.63, 3.8) is 0 Å². The Labute approximate surface area is 203 Å². The number of methoxy groups -OCH3 is 1. The fraction of sp³-hybridized carbons (Fsp3) is 0.286. The van der Waals surface area contributed by atoms with Crippen LogP contribution in [0.3, 0.4) is 0 Å². The highest BCUT2D eigenvalue weighted by Gasteiger charge is 2.38. The lowest BCUT2D eigenvalue weighted by atomic mass is 9.91. The van der Waals surface area contributed by atoms with Gasteiger partial charge in [-0.05, 0) is 48.7 Å². The number of hydrogen-bond donors (Lipinski definition) is 1. The van der Waals surface area contributed by atoms with E-state index in [1.54, 1.807) is 24.3 Å². The van der Waals surface area contributed by atoms with Crippen LogP contribution in [-0.2, 0) is 24.1 Å². The SMILES string of the molecule is COc1cc(C(=O)N(CCc2ccccc2)CC(=O)O)cc2c1O[C@@](C)(Cc1ccc(F)cc1)C2. The van der Waals surface area contributed by atoms with E-state index in [0.29, 0.717) is 36.3 Å². The van der Waals surface area contributed by atoms with Crippen LogP contribution in [0, 0.1) is 5.82 Å². The van der Waals surface area contributed by atoms with Gasteiger partial charge in [0.15, 0.2) is 11.5 Å². The van der Waals surface area contributed by atoms with Gasteiger partial charge >= 0.3 is 5.97 Å². The summed E-state index contributed by atoms with van der Waals surface area (Å²) in [6.45, 7) is 1.84. The van der Waals surface area contributed by atoms with Crippen LogP contribution in [0.5, 0.6) is 11.5 Å². The summed E-state index contributed by atoms with van der Waals surface area (Å²) in [7, 11) is 1.51. The number of fused-ring (bicyclic) bond motifs is 1. The second-order valence-electron chi connectivity index (χ2n) is 9.05. The second-order valence-corrected chi connectivity index (χ2v) is 9.05. The molecule has 0 saturated heterocycles. The zero-order valence-electron chi connectivity index (χ0n) is 19.8. The van der Waals surface area contributed by atoms with E-state index in [-0.39, 0.29) is 18.3 Å². The fourth-order valence-corrected chi connectivity index (χ4v) is 4.51. The number of carbonyl (C=O) groups is 2. The maximum absolute atomic E-state index is 13.4. The molecule has 3 aromatic carbocycles. The average Bonchev–Trinajstić information content (AvgIpc) is 3.18. The first-order valence-corrected chi connectivity index (χ1v) is 11.5. The standard InChI is InChI=1S/C28H28FNO5/c1-28(16-20-8-10-23(29)11-9-20)17-22-14-21(15-24(34-2)26(22)35-28)27(33)30(18-25(31)32)13-12-19-6-4-3-5-7-19/h3-11,14-15H,12-13,16-18H2,1-2H3,(H,31,32)/t28-/m0/s1. The van der Waals surface area contributed by atoms with Gasteiger partial charge in [-0.1, -0.05) is 42.5 Å². The van der Waals surface area contributed by atoms with Gasteiger partial charge in [0.25, 0.3) is 5.91 Å². The molecule has 35 heavy (non-hydrogen) atoms. The van der Waals surface area contributed by atoms with Crippen LogP contribution in [0.2, 0.25) is 0 Å². The number of hydrogen-bond acceptors (Lipinski definition) is 4. The van der Waals surface area contributed by atoms with E-state index in [9.17, 15) is 19.1 Å². The van der Waals surface area contributed by atoms with Crippen LogP contribution >= 0.6 is 0 Å². The van der Waals surface area contributed by atoms with Gasteiger partial charge in [0.1, 0.15) is 18.0 Å². The van der Waals surface area contributed by atoms with Crippen molar-refractivity contribution in [2.24, 2.45) is 0 Å². The van der Waals surface area contributed by atoms with E-state index < -0.39 is 18.1 Å². The molecule has 0 saturated carbocycles. The van der Waals surface area contributed by atoms with E-state index >= 15 is 0 Å². The van der Waals surface area contributed by atoms with Crippen molar-refractivity contribution in [3.05, 3.63) is 94.8 Å². The van der Waals surface area contributed by atoms with E-state index in [0.717, 1.165) is 16.7 Å². The van der Waals surface area contributed by atoms with Crippen LogP contribution in [-0.4, -0.2) is 47.7 Å². The van der Waals surface area contributed by atoms with Crippen molar-refractivity contribution in [3.8, 4) is 11.5 Å². The highest BCUT2D eigenvalue weighted by atomic mass is 19.1. The Balaban J connectivity index is 1.56. The minimum absolute atomic E-state index is 0.271. The Hall–Kier alpha value is -3.87. The van der Waals surface area contributed by atoms with Gasteiger partial charge in [0, 0.05) is 30.5 Å². The van der Waals surface area contributed by atoms with Crippen LogP contribution in [0.15, 0.2) is 66.7 Å². The maximum Gasteiger partial charge on any atom is 0.323 e. The summed E-state index contributed by atoms with van der Waals surface area (Å²) in [4.78, 5) is 26.2. The molecule has 0 unspecified atom stereocenters. The van der Waals surface area contributed by atoms with Gasteiger partial charge in [-0.15, -0.1) is 0 Å². The minimum atomic E-state index is -1.07. The normalized spacial score (nSPS) is 16.3. The fourth-order valence-electron chi connectivity index (χ4n) is 4.51. The van der Waals surface area contributed by atoms with Gasteiger partial charge in [-0.3, -0.25) is 9.59 Å². The molecular weight excluding hydrogens is 449 g/mol. The quantitative estimate of drug-likeness (QED) is 0.490. The van der Waals surface area contributed by atoms with Gasteiger partial charge < -0.3 is 19.5 Å². The van der Waals surface area contributed by atoms with E-state index in [2.05, 4.69) is 0 Å². The van der Waals surface area contributed by atoms with Crippen molar-refractivity contribution in [2.45, 2.75) is 31.8 Å². The Kier molecular flexibility index (Phi) is 7.05. The number of benzene rings is 3. The third-order valence-corrected chi connectivity index (χ3v) is 6.13. The summed E-state index contributed by atoms with van der Waals surface area (Å²) < 4.78 is 25.1. The van der Waals surface area contributed by atoms with Gasteiger partial charge in [0.2, 0.25) is 0 Å². The summed E-state index contributed by atoms with van der Waals surface area (Å²) >= 11 is 0. The minimum Gasteiger partial charge on any atom is -0.493 e. The number of nitrogens with zero attached hydrogens (tertiary/aromatic N) is 1. The predicted molar refractivity (Wildman–Crippen MR) is 130 cm³/mol. The molecule has 1 heterocycles. The summed E-state index contributed by atoms with van der Waals surface area (Å²) in [6.07, 6.45) is 1.62. The molecule has 1 aliphatic rings. The summed E-state index contributed by atoms with van der Waals surface area (Å²) in [5.41, 5.74) is 2.53. The molecule has 1 N–H and O–H groups in total. The third-order valence-electron chi connectivity index (χ3n) is 6.13. The van der Waals surface area contributed by atoms with Crippen LogP contribution in [0.25, 0.3) is 0 Å². The molecule has 1 aliphatic heterocycles. The molecule has 0 fully saturated rings. The Morgan fingerprint density at radius 1 is 1.09 bits per heavy atom. The summed E-state index contributed by atoms with van der Waals surface area (Å²) in [5.74, 6) is -0.751. The zero-order chi connectivity index (χ0) is 25.0. The number of carboxylic acids is 1. The van der Waals surface area contributed by atoms with Crippen molar-refractivity contribution < 1.29 is 28.6 Å². The third kappa shape index (κ3) is 5.80. The molecule has 3 aromatic rings. The molecular formula is C28H28FNO5. The van der Waals surface area contributed by atoms with Crippen molar-refractivity contribution in [1.29, 1.82) is 0 Å². The van der Waals surface area contributed by atoms with Gasteiger partial charge in [-0.25, -0.2) is 4.39 Å². The number of aliphatic carboxylic acids is 1. The lowest BCUT2D eigenvalue weighted by Crippen LogP contribution is -2.37. The molecule has 0 spiro atoms. The number of amides is 1. The van der Waals surface area contributed by atoms with Gasteiger partial charge in [0.05, 0.1) is 7.11 Å². The summed E-state index contributed by atoms with van der Waals surface area (Å²) in [5, 5.41) is 9.40. The monoisotopic (exact) mass is 477 g/mol. The molecule has 6 nitrogen and oxygen atoms in total. The predicted octanol–water partition coefficient (Wildman–Crippen LogP) is 4.54. The number of carboxylic acid groups (broad SMARTS) is 1. The number of ether oxygens (including phenoxy) is 2. The molecule has 7 heteroatoms. The van der Waals surface area contributed by atoms with E-state index in [4.69, 9.17) is 9.47 Å². The molecule has 0 aromatic heterocycles. The van der Waals surface area contributed by atoms with Gasteiger partial charge in [-0.2, -0.15) is 0 Å². The summed E-state index contributed by atoms with van der Waals surface area (Å²) in [6, 6.07) is 19.3. The van der Waals surface area contributed by atoms with E-state index in [1.165, 1.54) is 24.1 Å². The molecule has 4 rings (SSSR count).